The van der Waals surface area contributed by atoms with E-state index in [2.05, 4.69) is 0 Å². The molecule has 0 amide bonds. The molecule has 12 heavy (non-hydrogen) atoms. The minimum atomic E-state index is -4.67. The van der Waals surface area contributed by atoms with Gasteiger partial charge < -0.3 is 0 Å². The predicted molar refractivity (Wildman–Crippen MR) is 28.4 cm³/mol. The topological polar surface area (TPSA) is 149 Å². The van der Waals surface area contributed by atoms with E-state index in [9.17, 15) is 0 Å². The zero-order valence-corrected chi connectivity index (χ0v) is 9.99. The Morgan fingerprint density at radius 2 is 0.583 bits per heavy atom. The van der Waals surface area contributed by atoms with Gasteiger partial charge in [-0.05, 0) is 0 Å². The summed E-state index contributed by atoms with van der Waals surface area (Å²) in [5.41, 5.74) is 0. The molecule has 0 aliphatic rings. The van der Waals surface area contributed by atoms with Crippen LogP contribution in [0.3, 0.4) is 0 Å². The van der Waals surface area contributed by atoms with Crippen LogP contribution >= 0.6 is 0 Å². The normalized spacial score (nSPS) is 9.67. The summed E-state index contributed by atoms with van der Waals surface area (Å²) >= 11 is 0. The van der Waals surface area contributed by atoms with Gasteiger partial charge in [0.15, 0.2) is 0 Å². The van der Waals surface area contributed by atoms with Crippen molar-refractivity contribution in [2.45, 2.75) is 0 Å². The van der Waals surface area contributed by atoms with E-state index in [1.54, 1.807) is 0 Å². The fourth-order valence-corrected chi connectivity index (χ4v) is 0. The molecule has 0 aromatic heterocycles. The summed E-state index contributed by atoms with van der Waals surface area (Å²) in [6.45, 7) is 0. The molecule has 0 aromatic carbocycles. The molecule has 0 rings (SSSR count). The Hall–Kier alpha value is 1.17. The molecule has 0 aromatic rings. The van der Waals surface area contributed by atoms with Crippen molar-refractivity contribution in [3.63, 3.8) is 0 Å². The molecule has 0 atom stereocenters. The quantitative estimate of drug-likeness (QED) is 0.317. The number of hydrogen-bond acceptors (Lipinski definition) is 4. The monoisotopic (exact) mass is 292 g/mol. The fraction of sp³-hybridized carbons (Fsp3) is 0. The molecular weight excluding hydrogens is 288 g/mol. The third kappa shape index (κ3) is 846. The Morgan fingerprint density at radius 3 is 0.583 bits per heavy atom. The average Bonchev–Trinajstić information content (AvgIpc) is 1.12. The summed E-state index contributed by atoms with van der Waals surface area (Å²) in [6.07, 6.45) is 0. The Bertz CT molecular complexity index is 211. The van der Waals surface area contributed by atoms with Gasteiger partial charge in [-0.15, -0.1) is 0 Å². The van der Waals surface area contributed by atoms with Crippen LogP contribution < -0.4 is 0 Å². The van der Waals surface area contributed by atoms with Crippen molar-refractivity contribution >= 4 is 20.8 Å². The van der Waals surface area contributed by atoms with Crippen LogP contribution in [0.1, 0.15) is 0 Å². The molecule has 72 valence electrons. The molecule has 0 heterocycles. The van der Waals surface area contributed by atoms with E-state index in [0.717, 1.165) is 0 Å². The van der Waals surface area contributed by atoms with E-state index < -0.39 is 20.8 Å². The molecule has 0 spiro atoms. The van der Waals surface area contributed by atoms with Crippen molar-refractivity contribution in [1.82, 2.24) is 0 Å². The molecule has 0 saturated heterocycles. The maximum atomic E-state index is 8.74. The van der Waals surface area contributed by atoms with Crippen LogP contribution in [-0.2, 0) is 64.2 Å². The van der Waals surface area contributed by atoms with Crippen LogP contribution in [0.25, 0.3) is 0 Å². The Labute approximate surface area is 98.7 Å². The zero-order chi connectivity index (χ0) is 9.00. The van der Waals surface area contributed by atoms with E-state index in [0.29, 0.717) is 0 Å². The van der Waals surface area contributed by atoms with E-state index in [1.807, 2.05) is 0 Å². The second-order valence-electron chi connectivity index (χ2n) is 0.896. The molecule has 0 unspecified atom stereocenters. The van der Waals surface area contributed by atoms with Gasteiger partial charge in [-0.25, -0.2) is 0 Å². The summed E-state index contributed by atoms with van der Waals surface area (Å²) in [6, 6.07) is 0. The van der Waals surface area contributed by atoms with Crippen LogP contribution in [0, 0.1) is 0 Å². The van der Waals surface area contributed by atoms with E-state index >= 15 is 0 Å². The van der Waals surface area contributed by atoms with Gasteiger partial charge in [-0.1, -0.05) is 0 Å². The second kappa shape index (κ2) is 8.75. The Balaban J connectivity index is -0.0000000457. The first kappa shape index (κ1) is 23.2. The van der Waals surface area contributed by atoms with Crippen molar-refractivity contribution in [2.75, 3.05) is 0 Å². The maximum Gasteiger partial charge on any atom is 0.394 e. The predicted octanol–water partition coefficient (Wildman–Crippen LogP) is -1.31. The second-order valence-corrected chi connectivity index (χ2v) is 2.69. The van der Waals surface area contributed by atoms with Gasteiger partial charge in [0, 0.05) is 43.4 Å². The average molecular weight is 292 g/mol. The van der Waals surface area contributed by atoms with Crippen molar-refractivity contribution < 1.29 is 78.5 Å². The van der Waals surface area contributed by atoms with Gasteiger partial charge >= 0.3 is 20.8 Å². The van der Waals surface area contributed by atoms with Crippen LogP contribution in [-0.4, -0.2) is 35.0 Å². The van der Waals surface area contributed by atoms with Crippen molar-refractivity contribution in [1.29, 1.82) is 0 Å². The number of rotatable bonds is 0. The third-order valence-corrected chi connectivity index (χ3v) is 0. The molecule has 0 fully saturated rings. The van der Waals surface area contributed by atoms with E-state index in [1.165, 1.54) is 0 Å². The first-order valence-electron chi connectivity index (χ1n) is 1.40. The van der Waals surface area contributed by atoms with E-state index in [-0.39, 0.29) is 43.4 Å². The van der Waals surface area contributed by atoms with Gasteiger partial charge in [-0.3, -0.25) is 18.2 Å². The van der Waals surface area contributed by atoms with Gasteiger partial charge in [0.1, 0.15) is 0 Å². The van der Waals surface area contributed by atoms with Crippen LogP contribution in [0.5, 0.6) is 0 Å². The first-order chi connectivity index (χ1) is 4.00. The van der Waals surface area contributed by atoms with Crippen LogP contribution in [0.2, 0.25) is 0 Å². The fourth-order valence-electron chi connectivity index (χ4n) is 0. The minimum absolute atomic E-state index is 0. The number of hydrogen-bond donors (Lipinski definition) is 4. The maximum absolute atomic E-state index is 8.74. The third-order valence-electron chi connectivity index (χ3n) is 0. The van der Waals surface area contributed by atoms with E-state index in [4.69, 9.17) is 35.0 Å². The molecule has 0 radical (unpaired) electrons. The van der Waals surface area contributed by atoms with Crippen LogP contribution in [0.15, 0.2) is 0 Å². The zero-order valence-electron chi connectivity index (χ0n) is 5.24. The standard InChI is InChI=1S/2H2O4S.2Ti/c2*1-5(2,3)4;;/h2*(H2,1,2,3,4);;. The molecule has 12 heteroatoms. The summed E-state index contributed by atoms with van der Waals surface area (Å²) < 4.78 is 63.2. The minimum Gasteiger partial charge on any atom is -0.264 e. The molecular formula is H4O8S2Ti2. The Kier molecular flexibility index (Phi) is 16.9. The summed E-state index contributed by atoms with van der Waals surface area (Å²) in [5, 5.41) is 0. The molecule has 8 nitrogen and oxygen atoms in total. The summed E-state index contributed by atoms with van der Waals surface area (Å²) in [5.74, 6) is 0. The summed E-state index contributed by atoms with van der Waals surface area (Å²) in [4.78, 5) is 0. The van der Waals surface area contributed by atoms with Crippen molar-refractivity contribution in [2.24, 2.45) is 0 Å². The van der Waals surface area contributed by atoms with Crippen molar-refractivity contribution in [3.8, 4) is 0 Å². The molecule has 0 aliphatic carbocycles. The van der Waals surface area contributed by atoms with Crippen LogP contribution in [0.4, 0.5) is 0 Å². The van der Waals surface area contributed by atoms with Gasteiger partial charge in [-0.2, -0.15) is 16.8 Å². The van der Waals surface area contributed by atoms with Gasteiger partial charge in [0.05, 0.1) is 0 Å². The SMILES string of the molecule is O=S(=O)(O)O.O=S(=O)(O)O.[Ti].[Ti]. The molecule has 0 aliphatic heterocycles. The molecule has 4 N–H and O–H groups in total. The first-order valence-corrected chi connectivity index (χ1v) is 4.19. The van der Waals surface area contributed by atoms with Gasteiger partial charge in [0.25, 0.3) is 0 Å². The van der Waals surface area contributed by atoms with Gasteiger partial charge in [0.2, 0.25) is 0 Å². The Morgan fingerprint density at radius 1 is 0.583 bits per heavy atom. The summed E-state index contributed by atoms with van der Waals surface area (Å²) in [7, 11) is -9.33. The van der Waals surface area contributed by atoms with Crippen molar-refractivity contribution in [3.05, 3.63) is 0 Å². The largest absolute Gasteiger partial charge is 0.394 e. The molecule has 0 saturated carbocycles. The molecule has 0 bridgehead atoms. The smallest absolute Gasteiger partial charge is 0.264 e.